The number of carbonyl (C=O) groups excluding carboxylic acids is 1. The number of ether oxygens (including phenoxy) is 2. The van der Waals surface area contributed by atoms with Gasteiger partial charge in [-0.15, -0.1) is 0 Å². The summed E-state index contributed by atoms with van der Waals surface area (Å²) in [6.45, 7) is 3.85. The number of benzene rings is 2. The lowest BCUT2D eigenvalue weighted by atomic mass is 10.2. The molecule has 0 aliphatic rings. The Morgan fingerprint density at radius 2 is 2.00 bits per heavy atom. The van der Waals surface area contributed by atoms with Crippen LogP contribution in [0.15, 0.2) is 47.3 Å². The van der Waals surface area contributed by atoms with Crippen LogP contribution in [-0.2, 0) is 4.79 Å². The maximum absolute atomic E-state index is 12.2. The number of aromatic hydroxyl groups is 1. The summed E-state index contributed by atoms with van der Waals surface area (Å²) in [4.78, 5) is 39.6. The molecule has 1 amide bonds. The molecular formula is C23H22N4O7. The van der Waals surface area contributed by atoms with Gasteiger partial charge in [-0.2, -0.15) is 4.98 Å². The van der Waals surface area contributed by atoms with Crippen LogP contribution in [0.1, 0.15) is 23.9 Å². The molecule has 0 atom stereocenters. The molecule has 0 saturated heterocycles. The van der Waals surface area contributed by atoms with E-state index < -0.39 is 22.0 Å². The fourth-order valence-corrected chi connectivity index (χ4v) is 2.97. The highest BCUT2D eigenvalue weighted by Gasteiger charge is 2.21. The van der Waals surface area contributed by atoms with E-state index in [0.29, 0.717) is 29.4 Å². The van der Waals surface area contributed by atoms with Crippen molar-refractivity contribution in [2.45, 2.75) is 13.8 Å². The molecule has 0 bridgehead atoms. The molecule has 0 unspecified atom stereocenters. The maximum atomic E-state index is 12.2. The number of H-pyrrole nitrogens is 1. The molecule has 3 rings (SSSR count). The molecule has 3 aromatic rings. The molecule has 176 valence electrons. The van der Waals surface area contributed by atoms with Gasteiger partial charge in [0.05, 0.1) is 11.5 Å². The summed E-state index contributed by atoms with van der Waals surface area (Å²) >= 11 is 0. The number of carbonyl (C=O) groups is 1. The quantitative estimate of drug-likeness (QED) is 0.320. The predicted molar refractivity (Wildman–Crippen MR) is 125 cm³/mol. The third-order valence-electron chi connectivity index (χ3n) is 4.44. The van der Waals surface area contributed by atoms with Gasteiger partial charge < -0.3 is 24.9 Å². The van der Waals surface area contributed by atoms with Crippen molar-refractivity contribution in [3.8, 4) is 17.4 Å². The highest BCUT2D eigenvalue weighted by molar-refractivity contribution is 5.92. The van der Waals surface area contributed by atoms with Gasteiger partial charge in [0.1, 0.15) is 5.82 Å². The van der Waals surface area contributed by atoms with Gasteiger partial charge in [-0.1, -0.05) is 24.3 Å². The number of hydrogen-bond donors (Lipinski definition) is 3. The molecule has 2 aromatic carbocycles. The maximum Gasteiger partial charge on any atom is 0.395 e. The van der Waals surface area contributed by atoms with Gasteiger partial charge >= 0.3 is 11.2 Å². The minimum Gasteiger partial charge on any atom is -0.490 e. The first-order chi connectivity index (χ1) is 16.3. The van der Waals surface area contributed by atoms with Crippen molar-refractivity contribution in [1.82, 2.24) is 9.97 Å². The number of nitro groups is 1. The summed E-state index contributed by atoms with van der Waals surface area (Å²) in [7, 11) is 0. The van der Waals surface area contributed by atoms with Gasteiger partial charge in [0, 0.05) is 5.69 Å². The van der Waals surface area contributed by atoms with E-state index in [1.165, 1.54) is 6.08 Å². The van der Waals surface area contributed by atoms with Crippen molar-refractivity contribution in [2.75, 3.05) is 18.5 Å². The zero-order valence-corrected chi connectivity index (χ0v) is 18.4. The summed E-state index contributed by atoms with van der Waals surface area (Å²) < 4.78 is 11.2. The lowest BCUT2D eigenvalue weighted by Gasteiger charge is -2.13. The topological polar surface area (TPSA) is 157 Å². The number of rotatable bonds is 9. The molecule has 11 nitrogen and oxygen atoms in total. The molecule has 0 aliphatic heterocycles. The number of nitrogens with one attached hydrogen (secondary N) is 2. The number of anilines is 1. The minimum absolute atomic E-state index is 0.0702. The summed E-state index contributed by atoms with van der Waals surface area (Å²) in [5.41, 5.74) is 0.219. The van der Waals surface area contributed by atoms with Gasteiger partial charge in [-0.05, 0) is 55.3 Å². The van der Waals surface area contributed by atoms with Crippen molar-refractivity contribution in [3.05, 3.63) is 79.9 Å². The summed E-state index contributed by atoms with van der Waals surface area (Å²) in [6.07, 6.45) is 2.92. The molecule has 0 radical (unpaired) electrons. The van der Waals surface area contributed by atoms with E-state index in [-0.39, 0.29) is 18.3 Å². The van der Waals surface area contributed by atoms with Crippen LogP contribution in [0.25, 0.3) is 12.2 Å². The van der Waals surface area contributed by atoms with Gasteiger partial charge in [0.25, 0.3) is 11.8 Å². The monoisotopic (exact) mass is 466 g/mol. The highest BCUT2D eigenvalue weighted by Crippen LogP contribution is 2.29. The summed E-state index contributed by atoms with van der Waals surface area (Å²) in [6, 6.07) is 12.3. The molecule has 0 aliphatic carbocycles. The van der Waals surface area contributed by atoms with Gasteiger partial charge in [-0.3, -0.25) is 19.7 Å². The van der Waals surface area contributed by atoms with Crippen molar-refractivity contribution in [2.24, 2.45) is 0 Å². The first-order valence-corrected chi connectivity index (χ1v) is 10.2. The Hall–Kier alpha value is -4.67. The van der Waals surface area contributed by atoms with Crippen LogP contribution in [0.4, 0.5) is 11.4 Å². The molecule has 11 heteroatoms. The molecule has 34 heavy (non-hydrogen) atoms. The third kappa shape index (κ3) is 6.19. The van der Waals surface area contributed by atoms with Crippen LogP contribution in [-0.4, -0.2) is 39.1 Å². The zero-order chi connectivity index (χ0) is 24.7. The van der Waals surface area contributed by atoms with Gasteiger partial charge in [0.2, 0.25) is 0 Å². The largest absolute Gasteiger partial charge is 0.490 e. The Balaban J connectivity index is 1.72. The molecular weight excluding hydrogens is 444 g/mol. The average Bonchev–Trinajstić information content (AvgIpc) is 2.76. The van der Waals surface area contributed by atoms with E-state index >= 15 is 0 Å². The Morgan fingerprint density at radius 3 is 2.68 bits per heavy atom. The summed E-state index contributed by atoms with van der Waals surface area (Å²) in [5.74, 6) is -0.626. The van der Waals surface area contributed by atoms with E-state index in [0.717, 1.165) is 5.56 Å². The predicted octanol–water partition coefficient (Wildman–Crippen LogP) is 3.28. The van der Waals surface area contributed by atoms with Crippen molar-refractivity contribution in [1.29, 1.82) is 0 Å². The molecule has 1 heterocycles. The first-order valence-electron chi connectivity index (χ1n) is 10.2. The average molecular weight is 466 g/mol. The highest BCUT2D eigenvalue weighted by atomic mass is 16.6. The Morgan fingerprint density at radius 1 is 1.21 bits per heavy atom. The van der Waals surface area contributed by atoms with E-state index in [2.05, 4.69) is 15.3 Å². The molecule has 3 N–H and O–H groups in total. The van der Waals surface area contributed by atoms with Crippen LogP contribution in [0.3, 0.4) is 0 Å². The smallest absolute Gasteiger partial charge is 0.395 e. The molecule has 0 fully saturated rings. The molecule has 1 aromatic heterocycles. The number of nitrogens with zero attached hydrogens (tertiary/aromatic N) is 2. The normalized spacial score (nSPS) is 10.8. The fourth-order valence-electron chi connectivity index (χ4n) is 2.97. The number of aryl methyl sites for hydroxylation is 1. The van der Waals surface area contributed by atoms with E-state index in [9.17, 15) is 24.8 Å². The van der Waals surface area contributed by atoms with E-state index in [1.807, 2.05) is 25.1 Å². The number of amides is 1. The summed E-state index contributed by atoms with van der Waals surface area (Å²) in [5, 5.41) is 23.2. The van der Waals surface area contributed by atoms with Crippen molar-refractivity contribution in [3.63, 3.8) is 0 Å². The number of aromatic amines is 1. The lowest BCUT2D eigenvalue weighted by Crippen LogP contribution is -2.20. The SMILES string of the molecule is CCOc1cc(/C=C\c2nc(O)c([N+](=O)[O-])c(=O)[nH]2)ccc1OCC(=O)Nc1cccc(C)c1. The first kappa shape index (κ1) is 24.0. The standard InChI is InChI=1S/C23H22N4O7/c1-3-33-18-12-15(8-10-19-25-22(29)21(27(31)32)23(30)26-19)7-9-17(18)34-13-20(28)24-16-6-4-5-14(2)11-16/h4-12H,3,13H2,1-2H3,(H,24,28)(H2,25,26,29,30)/b10-8-. The fraction of sp³-hybridized carbons (Fsp3) is 0.174. The second-order valence-corrected chi connectivity index (χ2v) is 7.06. The molecule has 0 spiro atoms. The number of aromatic nitrogens is 2. The van der Waals surface area contributed by atoms with Crippen molar-refractivity contribution < 1.29 is 24.3 Å². The second-order valence-electron chi connectivity index (χ2n) is 7.06. The van der Waals surface area contributed by atoms with Gasteiger partial charge in [-0.25, -0.2) is 0 Å². The molecule has 0 saturated carbocycles. The Labute approximate surface area is 193 Å². The van der Waals surface area contributed by atoms with Gasteiger partial charge in [0.15, 0.2) is 18.1 Å². The van der Waals surface area contributed by atoms with Crippen LogP contribution in [0, 0.1) is 17.0 Å². The third-order valence-corrected chi connectivity index (χ3v) is 4.44. The van der Waals surface area contributed by atoms with Crippen LogP contribution < -0.4 is 20.3 Å². The number of hydrogen-bond acceptors (Lipinski definition) is 8. The Kier molecular flexibility index (Phi) is 7.60. The lowest BCUT2D eigenvalue weighted by molar-refractivity contribution is -0.387. The van der Waals surface area contributed by atoms with Crippen LogP contribution in [0.2, 0.25) is 0 Å². The van der Waals surface area contributed by atoms with E-state index in [1.54, 1.807) is 37.3 Å². The van der Waals surface area contributed by atoms with Crippen LogP contribution >= 0.6 is 0 Å². The van der Waals surface area contributed by atoms with Crippen molar-refractivity contribution >= 4 is 29.4 Å². The zero-order valence-electron chi connectivity index (χ0n) is 18.4. The second kappa shape index (κ2) is 10.8. The minimum atomic E-state index is -1.07. The van der Waals surface area contributed by atoms with Crippen LogP contribution in [0.5, 0.6) is 17.4 Å². The van der Waals surface area contributed by atoms with E-state index in [4.69, 9.17) is 9.47 Å². The Bertz CT molecular complexity index is 1300.